The molecule has 0 aliphatic heterocycles. The van der Waals surface area contributed by atoms with Crippen molar-refractivity contribution in [1.82, 2.24) is 5.32 Å². The maximum absolute atomic E-state index is 3.69. The van der Waals surface area contributed by atoms with Gasteiger partial charge in [0.1, 0.15) is 0 Å². The van der Waals surface area contributed by atoms with Gasteiger partial charge in [0.2, 0.25) is 0 Å². The molecule has 1 N–H and O–H groups in total. The molecule has 0 amide bonds. The first-order valence-electron chi connectivity index (χ1n) is 5.16. The Labute approximate surface area is 84.2 Å². The summed E-state index contributed by atoms with van der Waals surface area (Å²) in [5.41, 5.74) is 0. The van der Waals surface area contributed by atoms with E-state index in [-0.39, 0.29) is 0 Å². The first-order valence-corrected chi connectivity index (χ1v) is 6.03. The highest BCUT2D eigenvalue weighted by Gasteiger charge is 2.17. The van der Waals surface area contributed by atoms with Gasteiger partial charge >= 0.3 is 0 Å². The van der Waals surface area contributed by atoms with Gasteiger partial charge in [0, 0.05) is 17.0 Å². The van der Waals surface area contributed by atoms with Gasteiger partial charge in [-0.05, 0) is 31.2 Å². The van der Waals surface area contributed by atoms with Crippen LogP contribution in [0.5, 0.6) is 0 Å². The lowest BCUT2D eigenvalue weighted by molar-refractivity contribution is 0.465. The fraction of sp³-hybridized carbons (Fsp3) is 0.636. The van der Waals surface area contributed by atoms with Crippen molar-refractivity contribution in [1.29, 1.82) is 0 Å². The highest BCUT2D eigenvalue weighted by molar-refractivity contribution is 7.10. The second-order valence-corrected chi connectivity index (χ2v) is 4.86. The lowest BCUT2D eigenvalue weighted by Gasteiger charge is -2.17. The average molecular weight is 195 g/mol. The molecule has 1 fully saturated rings. The summed E-state index contributed by atoms with van der Waals surface area (Å²) in [7, 11) is 0. The van der Waals surface area contributed by atoms with Crippen molar-refractivity contribution in [2.24, 2.45) is 0 Å². The molecule has 2 rings (SSSR count). The normalized spacial score (nSPS) is 20.7. The van der Waals surface area contributed by atoms with Gasteiger partial charge in [-0.15, -0.1) is 11.3 Å². The van der Waals surface area contributed by atoms with E-state index in [1.165, 1.54) is 30.6 Å². The van der Waals surface area contributed by atoms with Crippen molar-refractivity contribution in [2.45, 2.75) is 44.7 Å². The summed E-state index contributed by atoms with van der Waals surface area (Å²) in [5.74, 6) is 0. The van der Waals surface area contributed by atoms with E-state index in [2.05, 4.69) is 29.8 Å². The van der Waals surface area contributed by atoms with E-state index in [1.54, 1.807) is 0 Å². The molecule has 72 valence electrons. The summed E-state index contributed by atoms with van der Waals surface area (Å²) in [6, 6.07) is 5.67. The zero-order chi connectivity index (χ0) is 9.10. The predicted octanol–water partition coefficient (Wildman–Crippen LogP) is 3.34. The Morgan fingerprint density at radius 1 is 1.46 bits per heavy atom. The van der Waals surface area contributed by atoms with Gasteiger partial charge in [-0.1, -0.05) is 18.9 Å². The second kappa shape index (κ2) is 4.25. The van der Waals surface area contributed by atoms with Gasteiger partial charge in [-0.2, -0.15) is 0 Å². The fourth-order valence-electron chi connectivity index (χ4n) is 2.07. The van der Waals surface area contributed by atoms with Gasteiger partial charge in [0.25, 0.3) is 0 Å². The molecule has 0 aromatic carbocycles. The number of hydrogen-bond donors (Lipinski definition) is 1. The quantitative estimate of drug-likeness (QED) is 0.780. The van der Waals surface area contributed by atoms with Gasteiger partial charge in [0.15, 0.2) is 0 Å². The largest absolute Gasteiger partial charge is 0.307 e. The minimum Gasteiger partial charge on any atom is -0.307 e. The van der Waals surface area contributed by atoms with E-state index < -0.39 is 0 Å². The number of rotatable bonds is 3. The van der Waals surface area contributed by atoms with Crippen LogP contribution in [0.4, 0.5) is 0 Å². The summed E-state index contributed by atoms with van der Waals surface area (Å²) in [6.07, 6.45) is 5.56. The van der Waals surface area contributed by atoms with E-state index in [0.717, 1.165) is 6.04 Å². The molecule has 1 saturated carbocycles. The van der Waals surface area contributed by atoms with Crippen molar-refractivity contribution in [3.63, 3.8) is 0 Å². The van der Waals surface area contributed by atoms with Crippen LogP contribution in [0.15, 0.2) is 17.5 Å². The molecule has 1 aliphatic rings. The number of thiophene rings is 1. The highest BCUT2D eigenvalue weighted by Crippen LogP contribution is 2.23. The molecule has 1 unspecified atom stereocenters. The molecule has 1 nitrogen and oxygen atoms in total. The van der Waals surface area contributed by atoms with Crippen molar-refractivity contribution < 1.29 is 0 Å². The van der Waals surface area contributed by atoms with E-state index in [4.69, 9.17) is 0 Å². The number of hydrogen-bond acceptors (Lipinski definition) is 2. The maximum Gasteiger partial charge on any atom is 0.0388 e. The smallest absolute Gasteiger partial charge is 0.0388 e. The molecule has 13 heavy (non-hydrogen) atoms. The van der Waals surface area contributed by atoms with Crippen LogP contribution in [-0.4, -0.2) is 6.04 Å². The van der Waals surface area contributed by atoms with Gasteiger partial charge in [-0.25, -0.2) is 0 Å². The monoisotopic (exact) mass is 195 g/mol. The molecule has 2 heteroatoms. The Hall–Kier alpha value is -0.340. The Bertz CT molecular complexity index is 237. The van der Waals surface area contributed by atoms with Crippen LogP contribution >= 0.6 is 11.3 Å². The van der Waals surface area contributed by atoms with Crippen LogP contribution in [0.25, 0.3) is 0 Å². The SMILES string of the molecule is CC(NC1CCCC1)c1cccs1. The number of nitrogens with one attached hydrogen (secondary N) is 1. The lowest BCUT2D eigenvalue weighted by atomic mass is 10.2. The molecule has 1 heterocycles. The van der Waals surface area contributed by atoms with Gasteiger partial charge in [-0.3, -0.25) is 0 Å². The Balaban J connectivity index is 1.87. The van der Waals surface area contributed by atoms with Crippen LogP contribution in [0.1, 0.15) is 43.5 Å². The van der Waals surface area contributed by atoms with Crippen LogP contribution in [0.3, 0.4) is 0 Å². The maximum atomic E-state index is 3.69. The Kier molecular flexibility index (Phi) is 3.01. The van der Waals surface area contributed by atoms with Crippen molar-refractivity contribution in [3.05, 3.63) is 22.4 Å². The minimum absolute atomic E-state index is 0.545. The standard InChI is InChI=1S/C11H17NS/c1-9(11-7-4-8-13-11)12-10-5-2-3-6-10/h4,7-10,12H,2-3,5-6H2,1H3. The first-order chi connectivity index (χ1) is 6.36. The minimum atomic E-state index is 0.545. The molecule has 1 aliphatic carbocycles. The molecule has 0 saturated heterocycles. The topological polar surface area (TPSA) is 12.0 Å². The molecule has 1 aromatic heterocycles. The fourth-order valence-corrected chi connectivity index (χ4v) is 2.81. The first kappa shape index (κ1) is 9.22. The lowest BCUT2D eigenvalue weighted by Crippen LogP contribution is -2.28. The zero-order valence-corrected chi connectivity index (χ0v) is 8.94. The molecular weight excluding hydrogens is 178 g/mol. The van der Waals surface area contributed by atoms with E-state index >= 15 is 0 Å². The summed E-state index contributed by atoms with van der Waals surface area (Å²) >= 11 is 1.85. The molecule has 0 radical (unpaired) electrons. The second-order valence-electron chi connectivity index (χ2n) is 3.89. The molecule has 1 aromatic rings. The average Bonchev–Trinajstić information content (AvgIpc) is 2.74. The molecular formula is C11H17NS. The van der Waals surface area contributed by atoms with E-state index in [9.17, 15) is 0 Å². The summed E-state index contributed by atoms with van der Waals surface area (Å²) in [6.45, 7) is 2.27. The van der Waals surface area contributed by atoms with Gasteiger partial charge < -0.3 is 5.32 Å². The molecule has 0 bridgehead atoms. The Morgan fingerprint density at radius 3 is 2.85 bits per heavy atom. The van der Waals surface area contributed by atoms with Crippen LogP contribution in [-0.2, 0) is 0 Å². The third kappa shape index (κ3) is 2.32. The van der Waals surface area contributed by atoms with Crippen LogP contribution in [0, 0.1) is 0 Å². The highest BCUT2D eigenvalue weighted by atomic mass is 32.1. The third-order valence-corrected chi connectivity index (χ3v) is 3.87. The van der Waals surface area contributed by atoms with Crippen LogP contribution < -0.4 is 5.32 Å². The summed E-state index contributed by atoms with van der Waals surface area (Å²) in [4.78, 5) is 1.46. The zero-order valence-electron chi connectivity index (χ0n) is 8.12. The van der Waals surface area contributed by atoms with Gasteiger partial charge in [0.05, 0.1) is 0 Å². The Morgan fingerprint density at radius 2 is 2.23 bits per heavy atom. The predicted molar refractivity (Wildman–Crippen MR) is 58.1 cm³/mol. The summed E-state index contributed by atoms with van der Waals surface area (Å²) < 4.78 is 0. The third-order valence-electron chi connectivity index (χ3n) is 2.81. The molecule has 0 spiro atoms. The van der Waals surface area contributed by atoms with E-state index in [1.807, 2.05) is 11.3 Å². The van der Waals surface area contributed by atoms with Crippen LogP contribution in [0.2, 0.25) is 0 Å². The van der Waals surface area contributed by atoms with Crippen molar-refractivity contribution in [2.75, 3.05) is 0 Å². The summed E-state index contributed by atoms with van der Waals surface area (Å²) in [5, 5.41) is 5.85. The van der Waals surface area contributed by atoms with E-state index in [0.29, 0.717) is 6.04 Å². The van der Waals surface area contributed by atoms with Crippen molar-refractivity contribution >= 4 is 11.3 Å². The van der Waals surface area contributed by atoms with Crippen molar-refractivity contribution in [3.8, 4) is 0 Å². The molecule has 1 atom stereocenters.